The third-order valence-electron chi connectivity index (χ3n) is 15.7. The van der Waals surface area contributed by atoms with Crippen molar-refractivity contribution in [2.75, 3.05) is 53.3 Å². The lowest BCUT2D eigenvalue weighted by molar-refractivity contribution is -0.347. The summed E-state index contributed by atoms with van der Waals surface area (Å²) >= 11 is 0. The molecule has 11 atom stereocenters. The van der Waals surface area contributed by atoms with Gasteiger partial charge in [0.05, 0.1) is 62.0 Å². The number of nitrogens with one attached hydrogen (secondary N) is 2. The molecule has 4 N–H and O–H groups in total. The molecule has 7 rings (SSSR count). The van der Waals surface area contributed by atoms with Crippen LogP contribution in [-0.4, -0.2) is 153 Å². The zero-order valence-electron chi connectivity index (χ0n) is 46.7. The Labute approximate surface area is 465 Å². The maximum Gasteiger partial charge on any atom is 0.408 e. The SMILES string of the molecule is CO[C@H]1C[C@H]2OC[C@@]2(OC(C)=O)[C@H]2[C@H](OC(=O)c3ccccc3)[C@]3(O)C[C@H](OC(=O)[C@H](OC(=O)COCCOCCNC(=O)OCc4ccccc4)[C@@H](NC(=O)OC(C)(C)C)c4ccccc4)C(C)=C([C@@H](CO)C(=O)[C@]12C)C3(C)C. The highest BCUT2D eigenvalue weighted by Crippen LogP contribution is 2.65. The minimum atomic E-state index is -2.36. The van der Waals surface area contributed by atoms with E-state index in [1.807, 2.05) is 30.3 Å². The lowest BCUT2D eigenvalue weighted by atomic mass is 9.43. The lowest BCUT2D eigenvalue weighted by Gasteiger charge is -2.68. The van der Waals surface area contributed by atoms with E-state index < -0.39 is 138 Å². The molecule has 2 saturated carbocycles. The van der Waals surface area contributed by atoms with Gasteiger partial charge in [-0.3, -0.25) is 9.59 Å². The summed E-state index contributed by atoms with van der Waals surface area (Å²) in [6.45, 7) is 10.9. The van der Waals surface area contributed by atoms with Crippen molar-refractivity contribution < 1.29 is 91.1 Å². The molecule has 3 aromatic carbocycles. The van der Waals surface area contributed by atoms with Gasteiger partial charge < -0.3 is 68.2 Å². The Morgan fingerprint density at radius 3 is 2.09 bits per heavy atom. The number of methoxy groups -OCH3 is 1. The standard InChI is InChI=1S/C59H74N2O19/c1-35-41(30-59(70)50(78-51(66)39-23-17-12-18-24-39)48-57(8,49(65)40(31-62)45(35)56(59,6)7)42(71-9)29-43-58(48,34-75-43)79-36(2)63)76-52(67)47(46(38-21-15-11-16-22-38)61-54(69)80-55(3,4)5)77-44(64)33-73-28-27-72-26-25-60-53(68)74-32-37-19-13-10-14-20-37/h10-24,40-43,46-48,50,62,70H,25-34H2,1-9H3,(H,60,68)(H,61,69)/t40-,41+,42+,43-,46+,47-,48+,50+,57-,58+,59-/m1/s1. The van der Waals surface area contributed by atoms with Crippen LogP contribution in [0.4, 0.5) is 9.59 Å². The Morgan fingerprint density at radius 1 is 0.850 bits per heavy atom. The first-order valence-corrected chi connectivity index (χ1v) is 26.6. The van der Waals surface area contributed by atoms with Crippen molar-refractivity contribution in [1.29, 1.82) is 0 Å². The smallest absolute Gasteiger partial charge is 0.408 e. The van der Waals surface area contributed by atoms with E-state index in [-0.39, 0.29) is 68.3 Å². The van der Waals surface area contributed by atoms with E-state index >= 15 is 9.59 Å². The fourth-order valence-electron chi connectivity index (χ4n) is 11.9. The number of aliphatic hydroxyl groups is 2. The first-order valence-electron chi connectivity index (χ1n) is 26.6. The number of hydrogen-bond acceptors (Lipinski definition) is 19. The van der Waals surface area contributed by atoms with E-state index in [1.54, 1.807) is 97.0 Å². The van der Waals surface area contributed by atoms with Gasteiger partial charge >= 0.3 is 36.1 Å². The average Bonchev–Trinajstić information content (AvgIpc) is 3.41. The predicted molar refractivity (Wildman–Crippen MR) is 283 cm³/mol. The number of fused-ring (bicyclic) bond motifs is 5. The number of carbonyl (C=O) groups is 7. The fourth-order valence-corrected chi connectivity index (χ4v) is 11.9. The molecule has 2 bridgehead atoms. The van der Waals surface area contributed by atoms with Crippen molar-refractivity contribution in [3.63, 3.8) is 0 Å². The lowest BCUT2D eigenvalue weighted by Crippen LogP contribution is -2.81. The monoisotopic (exact) mass is 1110 g/mol. The van der Waals surface area contributed by atoms with E-state index in [2.05, 4.69) is 10.6 Å². The van der Waals surface area contributed by atoms with Gasteiger partial charge in [-0.15, -0.1) is 0 Å². The van der Waals surface area contributed by atoms with Crippen LogP contribution >= 0.6 is 0 Å². The highest BCUT2D eigenvalue weighted by atomic mass is 16.6. The Morgan fingerprint density at radius 2 is 1.49 bits per heavy atom. The molecule has 0 unspecified atom stereocenters. The van der Waals surface area contributed by atoms with Crippen molar-refractivity contribution in [3.8, 4) is 0 Å². The second-order valence-corrected chi connectivity index (χ2v) is 22.2. The van der Waals surface area contributed by atoms with Gasteiger partial charge in [0.2, 0.25) is 6.10 Å². The molecule has 80 heavy (non-hydrogen) atoms. The molecule has 21 heteroatoms. The maximum atomic E-state index is 15.8. The molecule has 1 aliphatic heterocycles. The van der Waals surface area contributed by atoms with Gasteiger partial charge in [-0.2, -0.15) is 0 Å². The Kier molecular flexibility index (Phi) is 19.3. The Hall–Kier alpha value is -6.75. The van der Waals surface area contributed by atoms with Crippen molar-refractivity contribution in [3.05, 3.63) is 119 Å². The Bertz CT molecular complexity index is 2730. The summed E-state index contributed by atoms with van der Waals surface area (Å²) in [5.41, 5.74) is -6.86. The fraction of sp³-hybridized carbons (Fsp3) is 0.542. The average molecular weight is 1120 g/mol. The number of benzene rings is 3. The normalized spacial score (nSPS) is 27.4. The van der Waals surface area contributed by atoms with Gasteiger partial charge in [0.1, 0.15) is 48.8 Å². The molecule has 434 valence electrons. The number of alkyl carbamates (subject to hydrolysis) is 2. The third kappa shape index (κ3) is 12.9. The molecule has 0 aromatic heterocycles. The highest BCUT2D eigenvalue weighted by molar-refractivity contribution is 5.93. The predicted octanol–water partition coefficient (Wildman–Crippen LogP) is 5.67. The van der Waals surface area contributed by atoms with Crippen LogP contribution in [-0.2, 0) is 73.2 Å². The number of hydrogen-bond donors (Lipinski definition) is 4. The van der Waals surface area contributed by atoms with Crippen molar-refractivity contribution in [1.82, 2.24) is 10.6 Å². The number of rotatable bonds is 21. The largest absolute Gasteiger partial charge is 0.455 e. The molecule has 1 saturated heterocycles. The minimum absolute atomic E-state index is 0.0119. The highest BCUT2D eigenvalue weighted by Gasteiger charge is 2.78. The second-order valence-electron chi connectivity index (χ2n) is 22.2. The van der Waals surface area contributed by atoms with Crippen LogP contribution in [0.15, 0.2) is 102 Å². The molecule has 21 nitrogen and oxygen atoms in total. The van der Waals surface area contributed by atoms with Gasteiger partial charge in [0.25, 0.3) is 0 Å². The van der Waals surface area contributed by atoms with Gasteiger partial charge in [0.15, 0.2) is 11.4 Å². The molecule has 3 aliphatic carbocycles. The van der Waals surface area contributed by atoms with Crippen LogP contribution in [0.5, 0.6) is 0 Å². The zero-order chi connectivity index (χ0) is 58.2. The van der Waals surface area contributed by atoms with Crippen LogP contribution in [0.1, 0.15) is 95.8 Å². The molecule has 0 radical (unpaired) electrons. The van der Waals surface area contributed by atoms with Gasteiger partial charge in [-0.25, -0.2) is 24.0 Å². The zero-order valence-corrected chi connectivity index (χ0v) is 46.7. The van der Waals surface area contributed by atoms with E-state index in [0.717, 1.165) is 5.56 Å². The summed E-state index contributed by atoms with van der Waals surface area (Å²) in [6.07, 6.45) is -9.31. The van der Waals surface area contributed by atoms with Crippen molar-refractivity contribution >= 4 is 41.8 Å². The number of Topliss-reactive ketones (excluding diaryl/α,β-unsaturated/α-hetero) is 1. The van der Waals surface area contributed by atoms with Crippen LogP contribution in [0.25, 0.3) is 0 Å². The topological polar surface area (TPSA) is 276 Å². The molecule has 3 fully saturated rings. The number of ether oxygens (including phenoxy) is 10. The van der Waals surface area contributed by atoms with Crippen LogP contribution < -0.4 is 10.6 Å². The van der Waals surface area contributed by atoms with E-state index in [9.17, 15) is 34.2 Å². The van der Waals surface area contributed by atoms with E-state index in [1.165, 1.54) is 26.2 Å². The number of esters is 4. The summed E-state index contributed by atoms with van der Waals surface area (Å²) in [5.74, 6) is -7.38. The summed E-state index contributed by atoms with van der Waals surface area (Å²) in [5, 5.41) is 30.8. The van der Waals surface area contributed by atoms with Gasteiger partial charge in [0, 0.05) is 38.8 Å². The van der Waals surface area contributed by atoms with Crippen molar-refractivity contribution in [2.45, 2.75) is 128 Å². The van der Waals surface area contributed by atoms with Crippen LogP contribution in [0.3, 0.4) is 0 Å². The van der Waals surface area contributed by atoms with Crippen LogP contribution in [0.2, 0.25) is 0 Å². The number of amides is 2. The van der Waals surface area contributed by atoms with Gasteiger partial charge in [-0.1, -0.05) is 92.7 Å². The van der Waals surface area contributed by atoms with Crippen LogP contribution in [0, 0.1) is 22.7 Å². The Balaban J connectivity index is 1.22. The quantitative estimate of drug-likeness (QED) is 0.0433. The molecular formula is C59H74N2O19. The first kappa shape index (κ1) is 60.9. The summed E-state index contributed by atoms with van der Waals surface area (Å²) in [4.78, 5) is 98.5. The second kappa shape index (κ2) is 25.4. The number of ketones is 1. The summed E-state index contributed by atoms with van der Waals surface area (Å²) in [7, 11) is 1.40. The number of carbonyl (C=O) groups excluding carboxylic acids is 7. The molecule has 0 spiro atoms. The van der Waals surface area contributed by atoms with Crippen molar-refractivity contribution in [2.24, 2.45) is 22.7 Å². The van der Waals surface area contributed by atoms with Gasteiger partial charge in [-0.05, 0) is 69.0 Å². The van der Waals surface area contributed by atoms with E-state index in [4.69, 9.17) is 47.4 Å². The maximum absolute atomic E-state index is 15.8. The minimum Gasteiger partial charge on any atom is -0.455 e. The summed E-state index contributed by atoms with van der Waals surface area (Å²) < 4.78 is 59.2. The molecule has 3 aromatic rings. The molecule has 4 aliphatic rings. The third-order valence-corrected chi connectivity index (χ3v) is 15.7. The molecular weight excluding hydrogens is 1040 g/mol. The first-order chi connectivity index (χ1) is 37.9. The molecule has 1 heterocycles. The number of aliphatic hydroxyl groups excluding tert-OH is 1. The summed E-state index contributed by atoms with van der Waals surface area (Å²) in [6, 6.07) is 23.7. The molecule has 2 amide bonds. The van der Waals surface area contributed by atoms with E-state index in [0.29, 0.717) is 0 Å².